The number of hydrogen-bond acceptors (Lipinski definition) is 22. The molecule has 24 nitrogen and oxygen atoms in total. The lowest BCUT2D eigenvalue weighted by Gasteiger charge is -2.28. The van der Waals surface area contributed by atoms with Crippen LogP contribution >= 0.6 is 0 Å². The Kier molecular flexibility index (Phi) is 34.5. The molecule has 4 unspecified atom stereocenters. The summed E-state index contributed by atoms with van der Waals surface area (Å²) in [6.07, 6.45) is 4.08. The molecule has 0 heterocycles. The first-order valence-corrected chi connectivity index (χ1v) is 23.3. The number of carbonyl (C=O) groups is 8. The molecule has 0 radical (unpaired) electrons. The first-order valence-electron chi connectivity index (χ1n) is 23.3. The number of aliphatic carboxylic acids is 2. The molecule has 0 amide bonds. The van der Waals surface area contributed by atoms with Crippen molar-refractivity contribution in [3.05, 3.63) is 12.2 Å². The van der Waals surface area contributed by atoms with Crippen LogP contribution in [0.4, 0.5) is 0 Å². The predicted octanol–water partition coefficient (Wildman–Crippen LogP) is -0.605. The molecule has 0 aliphatic carbocycles. The van der Waals surface area contributed by atoms with Gasteiger partial charge in [0.2, 0.25) is 11.2 Å². The fourth-order valence-electron chi connectivity index (χ4n) is 6.61. The Morgan fingerprint density at radius 1 is 0.382 bits per heavy atom. The fraction of sp³-hybridized carbons (Fsp3) is 0.773. The zero-order chi connectivity index (χ0) is 51.4. The molecular formula is C44H80N8O16. The topological polar surface area (TPSA) is 441 Å². The van der Waals surface area contributed by atoms with Crippen molar-refractivity contribution in [2.75, 3.05) is 52.6 Å². The van der Waals surface area contributed by atoms with Crippen molar-refractivity contribution >= 4 is 47.8 Å². The smallest absolute Gasteiger partial charge is 0.349 e. The Balaban J connectivity index is 6.32. The summed E-state index contributed by atoms with van der Waals surface area (Å²) in [5, 5.41) is 20.6. The van der Waals surface area contributed by atoms with Crippen molar-refractivity contribution in [3.63, 3.8) is 0 Å². The SMILES string of the molecule is NCCCC(N)CCCOC(=O)CC(CC(=O)OCCCC(N)CCCN)(OC(=O)/C=C/C(=O)OC(CC(=O)OCCCC(N)CCCN)(CC(=O)OCCCC(N)CCCN)C(=O)O)C(=O)O. The first kappa shape index (κ1) is 63.2. The number of carbonyl (C=O) groups excluding carboxylic acids is 6. The van der Waals surface area contributed by atoms with Crippen LogP contribution in [-0.2, 0) is 66.8 Å². The summed E-state index contributed by atoms with van der Waals surface area (Å²) in [5.74, 6) is -11.8. The Morgan fingerprint density at radius 3 is 0.779 bits per heavy atom. The van der Waals surface area contributed by atoms with Crippen LogP contribution in [-0.4, -0.2) is 146 Å². The van der Waals surface area contributed by atoms with E-state index < -0.39 is 84.6 Å². The summed E-state index contributed by atoms with van der Waals surface area (Å²) < 4.78 is 31.1. The van der Waals surface area contributed by atoms with Crippen LogP contribution in [0.2, 0.25) is 0 Å². The van der Waals surface area contributed by atoms with E-state index in [0.717, 1.165) is 0 Å². The molecule has 0 aromatic rings. The molecule has 0 bridgehead atoms. The predicted molar refractivity (Wildman–Crippen MR) is 246 cm³/mol. The van der Waals surface area contributed by atoms with Gasteiger partial charge >= 0.3 is 47.8 Å². The largest absolute Gasteiger partial charge is 0.478 e. The van der Waals surface area contributed by atoms with Gasteiger partial charge < -0.3 is 84.5 Å². The lowest BCUT2D eigenvalue weighted by molar-refractivity contribution is -0.186. The van der Waals surface area contributed by atoms with Crippen molar-refractivity contribution in [2.45, 2.75) is 164 Å². The monoisotopic (exact) mass is 977 g/mol. The molecule has 0 fully saturated rings. The molecule has 68 heavy (non-hydrogen) atoms. The van der Waals surface area contributed by atoms with Crippen LogP contribution < -0.4 is 45.9 Å². The second-order valence-corrected chi connectivity index (χ2v) is 16.7. The molecule has 0 aliphatic rings. The second kappa shape index (κ2) is 37.1. The number of rotatable bonds is 42. The summed E-state index contributed by atoms with van der Waals surface area (Å²) in [4.78, 5) is 104. The van der Waals surface area contributed by atoms with E-state index in [4.69, 9.17) is 74.3 Å². The summed E-state index contributed by atoms with van der Waals surface area (Å²) in [6.45, 7) is 0.982. The van der Waals surface area contributed by atoms with E-state index >= 15 is 0 Å². The summed E-state index contributed by atoms with van der Waals surface area (Å²) in [5.41, 5.74) is 40.3. The van der Waals surface area contributed by atoms with Crippen LogP contribution in [0, 0.1) is 0 Å². The van der Waals surface area contributed by atoms with Gasteiger partial charge in [0.05, 0.1) is 52.1 Å². The molecule has 18 N–H and O–H groups in total. The third-order valence-corrected chi connectivity index (χ3v) is 10.5. The van der Waals surface area contributed by atoms with Crippen LogP contribution in [0.25, 0.3) is 0 Å². The van der Waals surface area contributed by atoms with Gasteiger partial charge in [0, 0.05) is 36.3 Å². The normalized spacial score (nSPS) is 14.9. The van der Waals surface area contributed by atoms with Crippen molar-refractivity contribution in [3.8, 4) is 0 Å². The number of nitrogens with two attached hydrogens (primary N) is 8. The standard InChI is InChI=1S/C44H80N8O16/c45-19-1-9-31(49)13-5-23-63-37(55)27-43(41(59)60,28-38(56)64-24-6-14-32(50)10-2-20-46)67-35(53)17-18-36(54)68-44(42(61)62,29-39(57)65-25-7-15-33(51)11-3-21-47)30-40(58)66-26-8-16-34(52)12-4-22-48/h17-18,31-34H,1-16,19-30,45-52H2,(H,59,60)(H,61,62)/b18-17+. The maximum Gasteiger partial charge on any atom is 0.349 e. The molecule has 0 rings (SSSR count). The van der Waals surface area contributed by atoms with Crippen LogP contribution in [0.1, 0.15) is 128 Å². The number of carboxylic acid groups (broad SMARTS) is 2. The first-order chi connectivity index (χ1) is 32.3. The van der Waals surface area contributed by atoms with Crippen molar-refractivity contribution in [1.82, 2.24) is 0 Å². The van der Waals surface area contributed by atoms with E-state index in [1.807, 2.05) is 0 Å². The van der Waals surface area contributed by atoms with Crippen molar-refractivity contribution in [1.29, 1.82) is 0 Å². The van der Waals surface area contributed by atoms with Gasteiger partial charge in [-0.2, -0.15) is 0 Å². The number of ether oxygens (including phenoxy) is 6. The summed E-state index contributed by atoms with van der Waals surface area (Å²) in [7, 11) is 0. The highest BCUT2D eigenvalue weighted by Crippen LogP contribution is 2.27. The number of hydrogen-bond donors (Lipinski definition) is 10. The Labute approximate surface area is 398 Å². The molecule has 0 aromatic carbocycles. The highest BCUT2D eigenvalue weighted by Gasteiger charge is 2.49. The molecule has 0 aromatic heterocycles. The van der Waals surface area contributed by atoms with Gasteiger partial charge in [-0.15, -0.1) is 0 Å². The van der Waals surface area contributed by atoms with E-state index in [0.29, 0.717) is 141 Å². The van der Waals surface area contributed by atoms with Crippen LogP contribution in [0.15, 0.2) is 12.2 Å². The fourth-order valence-corrected chi connectivity index (χ4v) is 6.61. The molecule has 0 aliphatic heterocycles. The highest BCUT2D eigenvalue weighted by atomic mass is 16.6. The minimum Gasteiger partial charge on any atom is -0.478 e. The molecule has 0 saturated heterocycles. The van der Waals surface area contributed by atoms with E-state index in [9.17, 15) is 48.6 Å². The summed E-state index contributed by atoms with van der Waals surface area (Å²) >= 11 is 0. The maximum atomic E-state index is 13.2. The Hall–Kier alpha value is -4.82. The molecule has 392 valence electrons. The van der Waals surface area contributed by atoms with Gasteiger partial charge in [-0.1, -0.05) is 0 Å². The lowest BCUT2D eigenvalue weighted by atomic mass is 9.95. The molecule has 4 atom stereocenters. The Bertz CT molecular complexity index is 1370. The van der Waals surface area contributed by atoms with Crippen molar-refractivity contribution < 1.29 is 77.0 Å². The van der Waals surface area contributed by atoms with Crippen LogP contribution in [0.5, 0.6) is 0 Å². The minimum atomic E-state index is -2.93. The average molecular weight is 977 g/mol. The van der Waals surface area contributed by atoms with Gasteiger partial charge in [0.15, 0.2) is 0 Å². The lowest BCUT2D eigenvalue weighted by Crippen LogP contribution is -2.48. The van der Waals surface area contributed by atoms with Gasteiger partial charge in [0.25, 0.3) is 0 Å². The third-order valence-electron chi connectivity index (χ3n) is 10.5. The van der Waals surface area contributed by atoms with Crippen molar-refractivity contribution in [2.24, 2.45) is 45.9 Å². The summed E-state index contributed by atoms with van der Waals surface area (Å²) in [6, 6.07) is -0.939. The molecule has 0 spiro atoms. The van der Waals surface area contributed by atoms with E-state index in [1.165, 1.54) is 0 Å². The zero-order valence-electron chi connectivity index (χ0n) is 39.5. The van der Waals surface area contributed by atoms with Gasteiger partial charge in [0.1, 0.15) is 0 Å². The quantitative estimate of drug-likeness (QED) is 0.0158. The molecule has 0 saturated carbocycles. The average Bonchev–Trinajstić information content (AvgIpc) is 3.28. The number of esters is 6. The van der Waals surface area contributed by atoms with Gasteiger partial charge in [-0.3, -0.25) is 19.2 Å². The zero-order valence-corrected chi connectivity index (χ0v) is 39.5. The van der Waals surface area contributed by atoms with E-state index in [-0.39, 0.29) is 50.6 Å². The second-order valence-electron chi connectivity index (χ2n) is 16.7. The van der Waals surface area contributed by atoms with E-state index in [2.05, 4.69) is 0 Å². The Morgan fingerprint density at radius 2 is 0.588 bits per heavy atom. The maximum absolute atomic E-state index is 13.2. The molecule has 24 heteroatoms. The molecular weight excluding hydrogens is 897 g/mol. The van der Waals surface area contributed by atoms with E-state index in [1.54, 1.807) is 0 Å². The minimum absolute atomic E-state index is 0.196. The van der Waals surface area contributed by atoms with Gasteiger partial charge in [-0.25, -0.2) is 19.2 Å². The van der Waals surface area contributed by atoms with Crippen LogP contribution in [0.3, 0.4) is 0 Å². The third kappa shape index (κ3) is 29.8. The highest BCUT2D eigenvalue weighted by molar-refractivity contribution is 5.97. The number of carboxylic acids is 2. The van der Waals surface area contributed by atoms with Gasteiger partial charge in [-0.05, 0) is 129 Å².